The Kier molecular flexibility index (Phi) is 4.60. The van der Waals surface area contributed by atoms with E-state index in [0.717, 1.165) is 5.56 Å². The molecule has 1 aromatic heterocycles. The minimum Gasteiger partial charge on any atom is -0.318 e. The van der Waals surface area contributed by atoms with Crippen molar-refractivity contribution in [2.75, 3.05) is 5.43 Å². The lowest BCUT2D eigenvalue weighted by atomic mass is 10.2. The van der Waals surface area contributed by atoms with Crippen LogP contribution in [0.25, 0.3) is 0 Å². The number of nitrogens with one attached hydrogen (secondary N) is 2. The van der Waals surface area contributed by atoms with E-state index >= 15 is 0 Å². The highest BCUT2D eigenvalue weighted by atomic mass is 32.2. The summed E-state index contributed by atoms with van der Waals surface area (Å²) >= 11 is 1.33. The van der Waals surface area contributed by atoms with Crippen LogP contribution in [0.2, 0.25) is 0 Å². The zero-order valence-electron chi connectivity index (χ0n) is 11.2. The predicted molar refractivity (Wildman–Crippen MR) is 79.0 cm³/mol. The number of hydrazine groups is 1. The van der Waals surface area contributed by atoms with E-state index < -0.39 is 4.92 Å². The topological polar surface area (TPSA) is 132 Å². The van der Waals surface area contributed by atoms with E-state index in [1.54, 1.807) is 12.1 Å². The fourth-order valence-electron chi connectivity index (χ4n) is 1.78. The summed E-state index contributed by atoms with van der Waals surface area (Å²) in [6, 6.07) is 4.73. The highest BCUT2D eigenvalue weighted by Crippen LogP contribution is 2.27. The summed E-state index contributed by atoms with van der Waals surface area (Å²) in [5.74, 6) is 5.69. The highest BCUT2D eigenvalue weighted by Gasteiger charge is 2.14. The van der Waals surface area contributed by atoms with E-state index in [-0.39, 0.29) is 17.1 Å². The summed E-state index contributed by atoms with van der Waals surface area (Å²) < 4.78 is 1.49. The Morgan fingerprint density at radius 3 is 2.95 bits per heavy atom. The third-order valence-corrected chi connectivity index (χ3v) is 3.87. The molecule has 0 aliphatic heterocycles. The average molecular weight is 310 g/mol. The molecule has 0 fully saturated rings. The van der Waals surface area contributed by atoms with Crippen molar-refractivity contribution < 1.29 is 4.92 Å². The normalized spacial score (nSPS) is 10.6. The summed E-state index contributed by atoms with van der Waals surface area (Å²) in [4.78, 5) is 21.9. The van der Waals surface area contributed by atoms with Crippen LogP contribution in [0.5, 0.6) is 0 Å². The highest BCUT2D eigenvalue weighted by molar-refractivity contribution is 7.98. The molecule has 21 heavy (non-hydrogen) atoms. The number of nitrogens with zero attached hydrogens (tertiary/aromatic N) is 3. The molecule has 0 bridgehead atoms. The molecular weight excluding hydrogens is 296 g/mol. The van der Waals surface area contributed by atoms with Crippen molar-refractivity contribution in [1.29, 1.82) is 0 Å². The molecule has 10 heteroatoms. The van der Waals surface area contributed by atoms with Gasteiger partial charge in [-0.05, 0) is 18.6 Å². The van der Waals surface area contributed by atoms with Gasteiger partial charge >= 0.3 is 5.69 Å². The molecule has 0 radical (unpaired) electrons. The first-order valence-corrected chi connectivity index (χ1v) is 7.07. The van der Waals surface area contributed by atoms with Gasteiger partial charge in [0.2, 0.25) is 0 Å². The smallest absolute Gasteiger partial charge is 0.318 e. The molecule has 1 heterocycles. The number of hydrogen-bond acceptors (Lipinski definition) is 7. The molecule has 2 aromatic rings. The largest absolute Gasteiger partial charge is 0.343 e. The number of nitrogens with two attached hydrogens (primary N) is 1. The number of nitrogen functional groups attached to an aromatic ring is 1. The van der Waals surface area contributed by atoms with Gasteiger partial charge in [0.25, 0.3) is 5.69 Å². The first-order chi connectivity index (χ1) is 10.1. The van der Waals surface area contributed by atoms with Crippen molar-refractivity contribution >= 4 is 23.1 Å². The molecule has 1 aromatic carbocycles. The zero-order valence-corrected chi connectivity index (χ0v) is 12.0. The van der Waals surface area contributed by atoms with Gasteiger partial charge in [0.1, 0.15) is 5.69 Å². The summed E-state index contributed by atoms with van der Waals surface area (Å²) in [5, 5.41) is 17.8. The van der Waals surface area contributed by atoms with Gasteiger partial charge < -0.3 is 5.43 Å². The fourth-order valence-corrected chi connectivity index (χ4v) is 2.73. The van der Waals surface area contributed by atoms with Gasteiger partial charge in [-0.2, -0.15) is 0 Å². The van der Waals surface area contributed by atoms with Gasteiger partial charge in [0, 0.05) is 18.4 Å². The van der Waals surface area contributed by atoms with E-state index in [4.69, 9.17) is 5.84 Å². The summed E-state index contributed by atoms with van der Waals surface area (Å²) in [7, 11) is 0. The van der Waals surface area contributed by atoms with Gasteiger partial charge in [0.05, 0.1) is 4.92 Å². The second-order valence-electron chi connectivity index (χ2n) is 4.10. The molecule has 0 saturated heterocycles. The number of nitro benzene ring substituents is 1. The molecule has 0 saturated carbocycles. The van der Waals surface area contributed by atoms with Crippen molar-refractivity contribution in [3.05, 3.63) is 44.4 Å². The van der Waals surface area contributed by atoms with Crippen LogP contribution < -0.4 is 17.0 Å². The number of thioether (sulfide) groups is 1. The minimum absolute atomic E-state index is 0.0921. The maximum absolute atomic E-state index is 11.4. The van der Waals surface area contributed by atoms with Crippen molar-refractivity contribution in [1.82, 2.24) is 14.8 Å². The Balaban J connectivity index is 2.18. The molecule has 0 unspecified atom stereocenters. The van der Waals surface area contributed by atoms with E-state index in [1.165, 1.54) is 22.4 Å². The zero-order chi connectivity index (χ0) is 15.4. The molecule has 0 atom stereocenters. The van der Waals surface area contributed by atoms with Crippen LogP contribution in [0, 0.1) is 10.1 Å². The molecule has 2 rings (SSSR count). The Morgan fingerprint density at radius 1 is 1.57 bits per heavy atom. The van der Waals surface area contributed by atoms with Crippen molar-refractivity contribution in [3.63, 3.8) is 0 Å². The van der Waals surface area contributed by atoms with Gasteiger partial charge in [-0.1, -0.05) is 17.8 Å². The van der Waals surface area contributed by atoms with Gasteiger partial charge in [0.15, 0.2) is 5.16 Å². The molecule has 4 N–H and O–H groups in total. The maximum atomic E-state index is 11.4. The van der Waals surface area contributed by atoms with Crippen LogP contribution in [0.1, 0.15) is 12.5 Å². The molecule has 0 amide bonds. The molecule has 0 aliphatic rings. The molecule has 0 aliphatic carbocycles. The number of aromatic amines is 1. The van der Waals surface area contributed by atoms with Crippen molar-refractivity contribution in [2.24, 2.45) is 5.84 Å². The lowest BCUT2D eigenvalue weighted by Gasteiger charge is -2.05. The quantitative estimate of drug-likeness (QED) is 0.315. The number of nitro groups is 1. The van der Waals surface area contributed by atoms with Crippen LogP contribution in [-0.4, -0.2) is 19.7 Å². The second kappa shape index (κ2) is 6.41. The summed E-state index contributed by atoms with van der Waals surface area (Å²) in [5.41, 5.74) is 2.92. The third-order valence-electron chi connectivity index (χ3n) is 2.82. The predicted octanol–water partition coefficient (Wildman–Crippen LogP) is 1.08. The van der Waals surface area contributed by atoms with Crippen LogP contribution in [0.15, 0.2) is 28.2 Å². The summed E-state index contributed by atoms with van der Waals surface area (Å²) in [6.07, 6.45) is 0. The molecule has 9 nitrogen and oxygen atoms in total. The molecular formula is C11H14N6O3S. The first kappa shape index (κ1) is 15.1. The van der Waals surface area contributed by atoms with Gasteiger partial charge in [-0.25, -0.2) is 9.89 Å². The Hall–Kier alpha value is -2.33. The van der Waals surface area contributed by atoms with E-state index in [2.05, 4.69) is 15.6 Å². The minimum atomic E-state index is -0.500. The van der Waals surface area contributed by atoms with Crippen LogP contribution >= 0.6 is 11.8 Å². The van der Waals surface area contributed by atoms with E-state index in [9.17, 15) is 14.9 Å². The Labute approximate surface area is 123 Å². The molecule has 112 valence electrons. The molecule has 0 spiro atoms. The van der Waals surface area contributed by atoms with Crippen LogP contribution in [0.3, 0.4) is 0 Å². The number of H-pyrrole nitrogens is 1. The third kappa shape index (κ3) is 3.23. The second-order valence-corrected chi connectivity index (χ2v) is 5.04. The average Bonchev–Trinajstić information content (AvgIpc) is 2.84. The standard InChI is InChI=1S/C11H14N6O3S/c1-2-16-10(18)14-15-11(16)21-6-7-3-4-8(13-12)9(5-7)17(19)20/h3-5,13H,2,6,12H2,1H3,(H,14,18). The van der Waals surface area contributed by atoms with E-state index in [0.29, 0.717) is 17.5 Å². The fraction of sp³-hybridized carbons (Fsp3) is 0.273. The van der Waals surface area contributed by atoms with Gasteiger partial charge in [-0.3, -0.25) is 20.5 Å². The monoisotopic (exact) mass is 310 g/mol. The number of rotatable bonds is 6. The Bertz CT molecular complexity index is 710. The number of anilines is 1. The lowest BCUT2D eigenvalue weighted by Crippen LogP contribution is -2.16. The number of hydrogen-bond donors (Lipinski definition) is 3. The van der Waals surface area contributed by atoms with Crippen LogP contribution in [0.4, 0.5) is 11.4 Å². The van der Waals surface area contributed by atoms with Crippen molar-refractivity contribution in [2.45, 2.75) is 24.4 Å². The van der Waals surface area contributed by atoms with Gasteiger partial charge in [-0.15, -0.1) is 5.10 Å². The first-order valence-electron chi connectivity index (χ1n) is 6.08. The Morgan fingerprint density at radius 2 is 2.33 bits per heavy atom. The van der Waals surface area contributed by atoms with E-state index in [1.807, 2.05) is 6.92 Å². The number of benzene rings is 1. The van der Waals surface area contributed by atoms with Crippen molar-refractivity contribution in [3.8, 4) is 0 Å². The maximum Gasteiger partial charge on any atom is 0.343 e. The van der Waals surface area contributed by atoms with Crippen LogP contribution in [-0.2, 0) is 12.3 Å². The lowest BCUT2D eigenvalue weighted by molar-refractivity contribution is -0.384. The SMILES string of the molecule is CCn1c(SCc2ccc(NN)c([N+](=O)[O-])c2)n[nH]c1=O. The summed E-state index contributed by atoms with van der Waals surface area (Å²) in [6.45, 7) is 2.35. The number of aromatic nitrogens is 3.